The number of amides is 1. The average Bonchev–Trinajstić information content (AvgIpc) is 3.12. The van der Waals surface area contributed by atoms with Crippen molar-refractivity contribution in [1.29, 1.82) is 0 Å². The number of aromatic nitrogens is 1. The molecule has 3 aromatic carbocycles. The van der Waals surface area contributed by atoms with Crippen molar-refractivity contribution < 1.29 is 9.53 Å². The average molecular weight is 453 g/mol. The molecule has 0 atom stereocenters. The van der Waals surface area contributed by atoms with E-state index < -0.39 is 0 Å². The van der Waals surface area contributed by atoms with Gasteiger partial charge in [-0.2, -0.15) is 0 Å². The van der Waals surface area contributed by atoms with Gasteiger partial charge in [-0.25, -0.2) is 0 Å². The van der Waals surface area contributed by atoms with Crippen LogP contribution in [0.2, 0.25) is 10.0 Å². The first-order valence-corrected chi connectivity index (χ1v) is 10.8. The smallest absolute Gasteiger partial charge is 0.223 e. The molecule has 31 heavy (non-hydrogen) atoms. The molecular formula is C25H22Cl2N2O2. The van der Waals surface area contributed by atoms with Gasteiger partial charge in [0.2, 0.25) is 5.91 Å². The molecule has 0 saturated heterocycles. The lowest BCUT2D eigenvalue weighted by atomic mass is 10.2. The van der Waals surface area contributed by atoms with Gasteiger partial charge in [-0.1, -0.05) is 59.6 Å². The molecule has 0 aliphatic carbocycles. The minimum absolute atomic E-state index is 0.0168. The van der Waals surface area contributed by atoms with E-state index in [-0.39, 0.29) is 5.91 Å². The number of benzene rings is 3. The van der Waals surface area contributed by atoms with Crippen molar-refractivity contribution in [3.63, 3.8) is 0 Å². The maximum atomic E-state index is 12.1. The minimum Gasteiger partial charge on any atom is -0.489 e. The summed E-state index contributed by atoms with van der Waals surface area (Å²) in [6.07, 6.45) is 1.99. The zero-order chi connectivity index (χ0) is 21.8. The highest BCUT2D eigenvalue weighted by atomic mass is 35.5. The summed E-state index contributed by atoms with van der Waals surface area (Å²) in [5.74, 6) is 0.768. The molecule has 4 rings (SSSR count). The molecule has 0 aliphatic rings. The molecule has 1 amide bonds. The zero-order valence-electron chi connectivity index (χ0n) is 17.1. The van der Waals surface area contributed by atoms with Gasteiger partial charge < -0.3 is 14.2 Å². The third-order valence-corrected chi connectivity index (χ3v) is 5.85. The van der Waals surface area contributed by atoms with Crippen LogP contribution in [0.25, 0.3) is 10.9 Å². The maximum Gasteiger partial charge on any atom is 0.223 e. The van der Waals surface area contributed by atoms with E-state index in [2.05, 4.69) is 10.6 Å². The summed E-state index contributed by atoms with van der Waals surface area (Å²) in [4.78, 5) is 13.8. The second-order valence-electron chi connectivity index (χ2n) is 7.24. The Morgan fingerprint density at radius 3 is 2.45 bits per heavy atom. The Kier molecular flexibility index (Phi) is 6.50. The number of anilines is 1. The first kappa shape index (κ1) is 21.3. The molecule has 0 N–H and O–H groups in total. The van der Waals surface area contributed by atoms with Crippen molar-refractivity contribution in [3.8, 4) is 5.75 Å². The molecule has 1 heterocycles. The van der Waals surface area contributed by atoms with Crippen molar-refractivity contribution in [2.45, 2.75) is 13.5 Å². The van der Waals surface area contributed by atoms with Crippen molar-refractivity contribution >= 4 is 45.7 Å². The van der Waals surface area contributed by atoms with Crippen LogP contribution in [0.1, 0.15) is 12.5 Å². The van der Waals surface area contributed by atoms with Crippen LogP contribution in [0.5, 0.6) is 5.75 Å². The van der Waals surface area contributed by atoms with E-state index >= 15 is 0 Å². The second-order valence-corrected chi connectivity index (χ2v) is 8.06. The van der Waals surface area contributed by atoms with Crippen LogP contribution in [0, 0.1) is 0 Å². The third kappa shape index (κ3) is 4.87. The molecule has 0 spiro atoms. The molecule has 0 unspecified atom stereocenters. The molecule has 4 aromatic rings. The maximum absolute atomic E-state index is 12.1. The lowest BCUT2D eigenvalue weighted by Crippen LogP contribution is -2.32. The first-order valence-electron chi connectivity index (χ1n) is 10.0. The van der Waals surface area contributed by atoms with Gasteiger partial charge in [0.15, 0.2) is 0 Å². The number of hydrogen-bond donors (Lipinski definition) is 0. The van der Waals surface area contributed by atoms with Crippen LogP contribution in [-0.4, -0.2) is 23.6 Å². The molecule has 4 nitrogen and oxygen atoms in total. The third-order valence-electron chi connectivity index (χ3n) is 5.11. The molecular weight excluding hydrogens is 431 g/mol. The quantitative estimate of drug-likeness (QED) is 0.323. The number of ether oxygens (including phenoxy) is 1. The van der Waals surface area contributed by atoms with E-state index in [1.165, 1.54) is 0 Å². The highest BCUT2D eigenvalue weighted by molar-refractivity contribution is 6.42. The molecule has 6 heteroatoms. The topological polar surface area (TPSA) is 34.5 Å². The van der Waals surface area contributed by atoms with E-state index in [1.807, 2.05) is 72.9 Å². The van der Waals surface area contributed by atoms with Crippen molar-refractivity contribution in [3.05, 3.63) is 94.6 Å². The van der Waals surface area contributed by atoms with E-state index in [1.54, 1.807) is 11.8 Å². The summed E-state index contributed by atoms with van der Waals surface area (Å²) in [6.45, 7) is 3.06. The van der Waals surface area contributed by atoms with Gasteiger partial charge >= 0.3 is 0 Å². The van der Waals surface area contributed by atoms with E-state index in [0.717, 1.165) is 27.9 Å². The van der Waals surface area contributed by atoms with Gasteiger partial charge in [0.25, 0.3) is 0 Å². The summed E-state index contributed by atoms with van der Waals surface area (Å²) in [7, 11) is 0. The number of hydrogen-bond acceptors (Lipinski definition) is 2. The van der Waals surface area contributed by atoms with Crippen molar-refractivity contribution in [2.75, 3.05) is 18.1 Å². The van der Waals surface area contributed by atoms with E-state index in [9.17, 15) is 4.79 Å². The van der Waals surface area contributed by atoms with E-state index in [4.69, 9.17) is 27.9 Å². The molecule has 1 aromatic heterocycles. The van der Waals surface area contributed by atoms with Gasteiger partial charge in [-0.3, -0.25) is 4.79 Å². The summed E-state index contributed by atoms with van der Waals surface area (Å²) in [6, 6.07) is 23.4. The largest absolute Gasteiger partial charge is 0.489 e. The fourth-order valence-electron chi connectivity index (χ4n) is 3.62. The Bertz CT molecular complexity index is 1200. The Labute approximate surface area is 191 Å². The fraction of sp³-hybridized carbons (Fsp3) is 0.160. The normalized spacial score (nSPS) is 10.9. The van der Waals surface area contributed by atoms with Gasteiger partial charge in [0.05, 0.1) is 22.1 Å². The number of fused-ring (bicyclic) bond motifs is 1. The number of para-hydroxylation sites is 2. The highest BCUT2D eigenvalue weighted by Gasteiger charge is 2.14. The van der Waals surface area contributed by atoms with Crippen LogP contribution in [0.15, 0.2) is 79.0 Å². The number of carbonyl (C=O) groups excluding carboxylic acids is 1. The summed E-state index contributed by atoms with van der Waals surface area (Å²) in [5, 5.41) is 2.11. The predicted octanol–water partition coefficient (Wildman–Crippen LogP) is 6.43. The first-order chi connectivity index (χ1) is 15.0. The van der Waals surface area contributed by atoms with E-state index in [0.29, 0.717) is 29.7 Å². The summed E-state index contributed by atoms with van der Waals surface area (Å²) < 4.78 is 8.25. The SMILES string of the molecule is CC(=O)N(CCOc1cn(Cc2ccc(Cl)c(Cl)c2)c2ccccc12)c1ccccc1. The molecule has 0 bridgehead atoms. The monoisotopic (exact) mass is 452 g/mol. The zero-order valence-corrected chi connectivity index (χ0v) is 18.6. The minimum atomic E-state index is -0.0168. The Hall–Kier alpha value is -2.95. The fourth-order valence-corrected chi connectivity index (χ4v) is 3.94. The molecule has 158 valence electrons. The lowest BCUT2D eigenvalue weighted by molar-refractivity contribution is -0.116. The molecule has 0 aliphatic heterocycles. The second kappa shape index (κ2) is 9.46. The van der Waals surface area contributed by atoms with Crippen LogP contribution in [-0.2, 0) is 11.3 Å². The van der Waals surface area contributed by atoms with Crippen LogP contribution >= 0.6 is 23.2 Å². The van der Waals surface area contributed by atoms with Crippen LogP contribution in [0.4, 0.5) is 5.69 Å². The molecule has 0 radical (unpaired) electrons. The summed E-state index contributed by atoms with van der Waals surface area (Å²) in [5.41, 5.74) is 2.98. The number of halogens is 2. The van der Waals surface area contributed by atoms with Gasteiger partial charge in [-0.15, -0.1) is 0 Å². The Morgan fingerprint density at radius 2 is 1.71 bits per heavy atom. The summed E-state index contributed by atoms with van der Waals surface area (Å²) >= 11 is 12.2. The highest BCUT2D eigenvalue weighted by Crippen LogP contribution is 2.30. The van der Waals surface area contributed by atoms with Gasteiger partial charge in [-0.05, 0) is 42.0 Å². The molecule has 0 saturated carbocycles. The van der Waals surface area contributed by atoms with Crippen molar-refractivity contribution in [1.82, 2.24) is 4.57 Å². The Balaban J connectivity index is 1.53. The number of nitrogens with zero attached hydrogens (tertiary/aromatic N) is 2. The van der Waals surface area contributed by atoms with Crippen LogP contribution in [0.3, 0.4) is 0 Å². The Morgan fingerprint density at radius 1 is 0.968 bits per heavy atom. The van der Waals surface area contributed by atoms with Gasteiger partial charge in [0, 0.05) is 30.7 Å². The standard InChI is InChI=1S/C25H22Cl2N2O2/c1-18(30)29(20-7-3-2-4-8-20)13-14-31-25-17-28(24-10-6-5-9-21(24)25)16-19-11-12-22(26)23(27)15-19/h2-12,15,17H,13-14,16H2,1H3. The number of rotatable bonds is 7. The number of carbonyl (C=O) groups is 1. The van der Waals surface area contributed by atoms with Crippen LogP contribution < -0.4 is 9.64 Å². The predicted molar refractivity (Wildman–Crippen MR) is 127 cm³/mol. The van der Waals surface area contributed by atoms with Gasteiger partial charge in [0.1, 0.15) is 12.4 Å². The van der Waals surface area contributed by atoms with Crippen molar-refractivity contribution in [2.24, 2.45) is 0 Å². The lowest BCUT2D eigenvalue weighted by Gasteiger charge is -2.21. The molecule has 0 fully saturated rings.